The largest absolute Gasteiger partial charge is 0.503 e. The highest BCUT2D eigenvalue weighted by Gasteiger charge is 2.46. The molecule has 1 heterocycles. The van der Waals surface area contributed by atoms with E-state index in [1.807, 2.05) is 19.1 Å². The van der Waals surface area contributed by atoms with Gasteiger partial charge in [0, 0.05) is 10.7 Å². The van der Waals surface area contributed by atoms with Crippen LogP contribution in [0, 0.1) is 12.8 Å². The van der Waals surface area contributed by atoms with E-state index in [0.717, 1.165) is 31.2 Å². The number of aliphatic hydroxyl groups is 1. The minimum Gasteiger partial charge on any atom is -0.503 e. The zero-order valence-corrected chi connectivity index (χ0v) is 14.8. The molecule has 1 aromatic rings. The second-order valence-corrected chi connectivity index (χ2v) is 7.18. The van der Waals surface area contributed by atoms with Gasteiger partial charge in [-0.05, 0) is 50.3 Å². The summed E-state index contributed by atoms with van der Waals surface area (Å²) in [6.45, 7) is 3.31. The van der Waals surface area contributed by atoms with E-state index in [4.69, 9.17) is 11.6 Å². The number of carbonyl (C=O) groups excluding carboxylic acids is 2. The molecular weight excluding hydrogens is 326 g/mol. The third kappa shape index (κ3) is 2.84. The Morgan fingerprint density at radius 3 is 2.50 bits per heavy atom. The summed E-state index contributed by atoms with van der Waals surface area (Å²) < 4.78 is 0. The van der Waals surface area contributed by atoms with Crippen molar-refractivity contribution in [2.45, 2.75) is 52.0 Å². The van der Waals surface area contributed by atoms with Crippen LogP contribution in [0.25, 0.3) is 0 Å². The molecule has 24 heavy (non-hydrogen) atoms. The highest BCUT2D eigenvalue weighted by Crippen LogP contribution is 2.40. The van der Waals surface area contributed by atoms with Crippen molar-refractivity contribution in [2.75, 3.05) is 4.90 Å². The Morgan fingerprint density at radius 1 is 1.25 bits per heavy atom. The molecule has 0 spiro atoms. The first-order valence-electron chi connectivity index (χ1n) is 8.45. The molecule has 128 valence electrons. The molecule has 0 aromatic heterocycles. The maximum absolute atomic E-state index is 12.7. The number of carbonyl (C=O) groups is 2. The number of halogens is 1. The first-order chi connectivity index (χ1) is 11.4. The van der Waals surface area contributed by atoms with Crippen molar-refractivity contribution >= 4 is 29.0 Å². The lowest BCUT2D eigenvalue weighted by atomic mass is 9.80. The van der Waals surface area contributed by atoms with Crippen molar-refractivity contribution in [3.05, 3.63) is 40.1 Å². The molecule has 1 aliphatic heterocycles. The number of hydrogen-bond donors (Lipinski definition) is 1. The Balaban J connectivity index is 2.07. The summed E-state index contributed by atoms with van der Waals surface area (Å²) in [6.07, 6.45) is 5.27. The number of nitrogens with zero attached hydrogens (tertiary/aromatic N) is 1. The Morgan fingerprint density at radius 2 is 1.92 bits per heavy atom. The summed E-state index contributed by atoms with van der Waals surface area (Å²) in [4.78, 5) is 26.4. The van der Waals surface area contributed by atoms with E-state index in [9.17, 15) is 14.7 Å². The van der Waals surface area contributed by atoms with Gasteiger partial charge < -0.3 is 5.11 Å². The number of rotatable bonds is 3. The average Bonchev–Trinajstić information content (AvgIpc) is 2.83. The van der Waals surface area contributed by atoms with Gasteiger partial charge in [-0.15, -0.1) is 0 Å². The van der Waals surface area contributed by atoms with Crippen LogP contribution in [0.15, 0.2) is 29.5 Å². The SMILES string of the molecule is CC(=O)C1=C(O)C(=O)N(c2ccc(C)c(Cl)c2)[C@@H]1C1CCCCC1. The molecule has 0 radical (unpaired) electrons. The van der Waals surface area contributed by atoms with E-state index in [0.29, 0.717) is 10.7 Å². The Bertz CT molecular complexity index is 719. The van der Waals surface area contributed by atoms with Crippen molar-refractivity contribution in [1.82, 2.24) is 0 Å². The molecule has 5 heteroatoms. The van der Waals surface area contributed by atoms with E-state index < -0.39 is 17.7 Å². The molecule has 3 rings (SSSR count). The lowest BCUT2D eigenvalue weighted by Crippen LogP contribution is -2.42. The second-order valence-electron chi connectivity index (χ2n) is 6.77. The summed E-state index contributed by atoms with van der Waals surface area (Å²) in [7, 11) is 0. The van der Waals surface area contributed by atoms with Gasteiger partial charge in [-0.25, -0.2) is 0 Å². The zero-order chi connectivity index (χ0) is 17.4. The predicted molar refractivity (Wildman–Crippen MR) is 94.4 cm³/mol. The summed E-state index contributed by atoms with van der Waals surface area (Å²) in [5.74, 6) is -0.964. The van der Waals surface area contributed by atoms with Gasteiger partial charge >= 0.3 is 0 Å². The van der Waals surface area contributed by atoms with Gasteiger partial charge in [0.2, 0.25) is 0 Å². The van der Waals surface area contributed by atoms with Crippen LogP contribution in [0.2, 0.25) is 5.02 Å². The number of benzene rings is 1. The maximum atomic E-state index is 12.7. The molecule has 0 unspecified atom stereocenters. The van der Waals surface area contributed by atoms with E-state index >= 15 is 0 Å². The number of ketones is 1. The monoisotopic (exact) mass is 347 g/mol. The van der Waals surface area contributed by atoms with Gasteiger partial charge in [0.15, 0.2) is 11.5 Å². The fourth-order valence-corrected chi connectivity index (χ4v) is 4.08. The lowest BCUT2D eigenvalue weighted by molar-refractivity contribution is -0.117. The molecule has 1 aliphatic carbocycles. The second kappa shape index (κ2) is 6.60. The van der Waals surface area contributed by atoms with Crippen molar-refractivity contribution in [2.24, 2.45) is 5.92 Å². The Kier molecular flexibility index (Phi) is 4.68. The molecular formula is C19H22ClNO3. The predicted octanol–water partition coefficient (Wildman–Crippen LogP) is 4.35. The first kappa shape index (κ1) is 17.0. The van der Waals surface area contributed by atoms with Gasteiger partial charge in [0.25, 0.3) is 5.91 Å². The topological polar surface area (TPSA) is 57.6 Å². The summed E-state index contributed by atoms with van der Waals surface area (Å²) in [6, 6.07) is 5.02. The van der Waals surface area contributed by atoms with Crippen molar-refractivity contribution in [3.8, 4) is 0 Å². The van der Waals surface area contributed by atoms with Crippen LogP contribution in [-0.2, 0) is 9.59 Å². The number of amides is 1. The van der Waals surface area contributed by atoms with Crippen molar-refractivity contribution in [1.29, 1.82) is 0 Å². The normalized spacial score (nSPS) is 22.4. The van der Waals surface area contributed by atoms with E-state index in [2.05, 4.69) is 0 Å². The first-order valence-corrected chi connectivity index (χ1v) is 8.83. The molecule has 1 amide bonds. The molecule has 1 fully saturated rings. The van der Waals surface area contributed by atoms with E-state index in [1.165, 1.54) is 13.3 Å². The molecule has 2 aliphatic rings. The van der Waals surface area contributed by atoms with E-state index in [1.54, 1.807) is 11.0 Å². The summed E-state index contributed by atoms with van der Waals surface area (Å²) in [5.41, 5.74) is 1.81. The minimum absolute atomic E-state index is 0.186. The third-order valence-corrected chi connectivity index (χ3v) is 5.57. The van der Waals surface area contributed by atoms with Gasteiger partial charge in [0.1, 0.15) is 0 Å². The smallest absolute Gasteiger partial charge is 0.294 e. The molecule has 1 saturated carbocycles. The van der Waals surface area contributed by atoms with Gasteiger partial charge in [-0.1, -0.05) is 36.9 Å². The van der Waals surface area contributed by atoms with Crippen LogP contribution in [0.5, 0.6) is 0 Å². The van der Waals surface area contributed by atoms with Gasteiger partial charge in [-0.3, -0.25) is 14.5 Å². The third-order valence-electron chi connectivity index (χ3n) is 5.16. The van der Waals surface area contributed by atoms with Crippen LogP contribution in [-0.4, -0.2) is 22.8 Å². The van der Waals surface area contributed by atoms with Crippen molar-refractivity contribution < 1.29 is 14.7 Å². The number of aryl methyl sites for hydroxylation is 1. The van der Waals surface area contributed by atoms with Gasteiger partial charge in [0.05, 0.1) is 11.6 Å². The summed E-state index contributed by atoms with van der Waals surface area (Å²) >= 11 is 6.23. The molecule has 1 atom stereocenters. The van der Waals surface area contributed by atoms with Crippen LogP contribution in [0.3, 0.4) is 0 Å². The van der Waals surface area contributed by atoms with Crippen LogP contribution < -0.4 is 4.90 Å². The average molecular weight is 348 g/mol. The van der Waals surface area contributed by atoms with E-state index in [-0.39, 0.29) is 17.3 Å². The molecule has 0 bridgehead atoms. The molecule has 1 N–H and O–H groups in total. The quantitative estimate of drug-likeness (QED) is 0.884. The van der Waals surface area contributed by atoms with Gasteiger partial charge in [-0.2, -0.15) is 0 Å². The Labute approximate surface area is 147 Å². The number of aliphatic hydroxyl groups excluding tert-OH is 1. The highest BCUT2D eigenvalue weighted by molar-refractivity contribution is 6.31. The highest BCUT2D eigenvalue weighted by atomic mass is 35.5. The number of anilines is 1. The minimum atomic E-state index is -0.504. The zero-order valence-electron chi connectivity index (χ0n) is 14.0. The van der Waals surface area contributed by atoms with Crippen LogP contribution in [0.1, 0.15) is 44.6 Å². The summed E-state index contributed by atoms with van der Waals surface area (Å²) in [5, 5.41) is 10.9. The maximum Gasteiger partial charge on any atom is 0.294 e. The number of hydrogen-bond acceptors (Lipinski definition) is 3. The van der Waals surface area contributed by atoms with Crippen LogP contribution >= 0.6 is 11.6 Å². The lowest BCUT2D eigenvalue weighted by Gasteiger charge is -2.35. The fraction of sp³-hybridized carbons (Fsp3) is 0.474. The standard InChI is InChI=1S/C19H22ClNO3/c1-11-8-9-14(10-15(11)20)21-17(13-6-4-3-5-7-13)16(12(2)22)18(23)19(21)24/h8-10,13,17,23H,3-7H2,1-2H3/t17-/m1/s1. The molecule has 0 saturated heterocycles. The Hall–Kier alpha value is -1.81. The molecule has 4 nitrogen and oxygen atoms in total. The van der Waals surface area contributed by atoms with Crippen LogP contribution in [0.4, 0.5) is 5.69 Å². The number of Topliss-reactive ketones (excluding diaryl/α,β-unsaturated/α-hetero) is 1. The molecule has 1 aromatic carbocycles. The van der Waals surface area contributed by atoms with Crippen molar-refractivity contribution in [3.63, 3.8) is 0 Å². The fourth-order valence-electron chi connectivity index (χ4n) is 3.91.